The molecule has 0 fully saturated rings. The van der Waals surface area contributed by atoms with Crippen molar-refractivity contribution in [3.05, 3.63) is 0 Å². The second-order valence-corrected chi connectivity index (χ2v) is 7.67. The summed E-state index contributed by atoms with van der Waals surface area (Å²) in [4.78, 5) is 0.289. The first-order chi connectivity index (χ1) is 6.16. The quantitative estimate of drug-likeness (QED) is 0.527. The molecule has 0 amide bonds. The number of thiol groups is 1. The Kier molecular flexibility index (Phi) is 7.13. The van der Waals surface area contributed by atoms with Gasteiger partial charge in [0.2, 0.25) is 0 Å². The van der Waals surface area contributed by atoms with Gasteiger partial charge in [-0.2, -0.15) is 12.6 Å². The van der Waals surface area contributed by atoms with Gasteiger partial charge in [-0.05, 0) is 26.3 Å². The average Bonchev–Trinajstić information content (AvgIpc) is 2.16. The van der Waals surface area contributed by atoms with E-state index in [1.54, 1.807) is 0 Å². The third kappa shape index (κ3) is 3.62. The summed E-state index contributed by atoms with van der Waals surface area (Å²) in [5.41, 5.74) is 0. The summed E-state index contributed by atoms with van der Waals surface area (Å²) in [6, 6.07) is 0.983. The Bertz CT molecular complexity index is 127. The maximum Gasteiger partial charge on any atom is 0.351 e. The highest BCUT2D eigenvalue weighted by molar-refractivity contribution is 7.83. The number of hydrogen-bond acceptors (Lipinski definition) is 3. The second-order valence-electron chi connectivity index (χ2n) is 2.96. The van der Waals surface area contributed by atoms with Gasteiger partial charge in [0.25, 0.3) is 0 Å². The molecular weight excluding hydrogens is 200 g/mol. The van der Waals surface area contributed by atoms with Crippen molar-refractivity contribution in [2.75, 3.05) is 13.2 Å². The summed E-state index contributed by atoms with van der Waals surface area (Å²) in [6.45, 7) is 9.77. The molecule has 0 aliphatic carbocycles. The van der Waals surface area contributed by atoms with Crippen LogP contribution in [0.2, 0.25) is 6.04 Å². The third-order valence-electron chi connectivity index (χ3n) is 2.16. The topological polar surface area (TPSA) is 18.5 Å². The van der Waals surface area contributed by atoms with E-state index in [0.29, 0.717) is 0 Å². The molecule has 13 heavy (non-hydrogen) atoms. The van der Waals surface area contributed by atoms with Crippen molar-refractivity contribution in [1.82, 2.24) is 0 Å². The third-order valence-corrected chi connectivity index (χ3v) is 7.67. The monoisotopic (exact) mass is 222 g/mol. The van der Waals surface area contributed by atoms with E-state index in [4.69, 9.17) is 8.85 Å². The molecule has 0 spiro atoms. The minimum Gasteiger partial charge on any atom is -0.394 e. The van der Waals surface area contributed by atoms with Crippen LogP contribution in [0.5, 0.6) is 0 Å². The van der Waals surface area contributed by atoms with Crippen LogP contribution in [0.25, 0.3) is 0 Å². The summed E-state index contributed by atoms with van der Waals surface area (Å²) < 4.78 is 11.6. The average molecular weight is 222 g/mol. The van der Waals surface area contributed by atoms with Crippen molar-refractivity contribution in [3.8, 4) is 0 Å². The van der Waals surface area contributed by atoms with E-state index in [0.717, 1.165) is 25.7 Å². The first-order valence-corrected chi connectivity index (χ1v) is 7.74. The summed E-state index contributed by atoms with van der Waals surface area (Å²) in [7, 11) is -2.01. The molecule has 1 unspecified atom stereocenters. The van der Waals surface area contributed by atoms with Gasteiger partial charge in [0.1, 0.15) is 0 Å². The van der Waals surface area contributed by atoms with Crippen LogP contribution in [0, 0.1) is 0 Å². The van der Waals surface area contributed by atoms with Gasteiger partial charge >= 0.3 is 8.56 Å². The van der Waals surface area contributed by atoms with E-state index < -0.39 is 8.56 Å². The Hall–Kier alpha value is 0.487. The lowest BCUT2D eigenvalue weighted by Crippen LogP contribution is -2.50. The minimum atomic E-state index is -2.01. The number of hydrogen-bond donors (Lipinski definition) is 1. The predicted molar refractivity (Wildman–Crippen MR) is 62.6 cm³/mol. The zero-order chi connectivity index (χ0) is 10.3. The first-order valence-electron chi connectivity index (χ1n) is 5.12. The van der Waals surface area contributed by atoms with Gasteiger partial charge < -0.3 is 8.85 Å². The molecule has 0 radical (unpaired) electrons. The highest BCUT2D eigenvalue weighted by atomic mass is 32.1. The standard InChI is InChI=1S/C9H22O2SSi/c1-5-9(12)13(8-4,10-6-2)11-7-3/h9,12H,5-8H2,1-4H3. The molecule has 0 N–H and O–H groups in total. The van der Waals surface area contributed by atoms with Crippen LogP contribution < -0.4 is 0 Å². The zero-order valence-electron chi connectivity index (χ0n) is 9.17. The summed E-state index contributed by atoms with van der Waals surface area (Å²) >= 11 is 4.57. The smallest absolute Gasteiger partial charge is 0.351 e. The van der Waals surface area contributed by atoms with Gasteiger partial charge in [0, 0.05) is 18.1 Å². The Labute approximate surface area is 88.7 Å². The molecule has 0 heterocycles. The normalized spacial score (nSPS) is 14.5. The Balaban J connectivity index is 4.42. The van der Waals surface area contributed by atoms with Crippen LogP contribution in [0.15, 0.2) is 0 Å². The maximum absolute atomic E-state index is 5.81. The highest BCUT2D eigenvalue weighted by Crippen LogP contribution is 2.24. The van der Waals surface area contributed by atoms with Crippen molar-refractivity contribution >= 4 is 21.2 Å². The van der Waals surface area contributed by atoms with Gasteiger partial charge in [-0.3, -0.25) is 0 Å². The number of rotatable bonds is 7. The van der Waals surface area contributed by atoms with Gasteiger partial charge in [0.05, 0.1) is 0 Å². The molecule has 0 bridgehead atoms. The van der Waals surface area contributed by atoms with Gasteiger partial charge in [-0.1, -0.05) is 13.8 Å². The van der Waals surface area contributed by atoms with Gasteiger partial charge in [-0.15, -0.1) is 0 Å². The van der Waals surface area contributed by atoms with Gasteiger partial charge in [-0.25, -0.2) is 0 Å². The second kappa shape index (κ2) is 6.87. The van der Waals surface area contributed by atoms with E-state index in [-0.39, 0.29) is 4.87 Å². The fraction of sp³-hybridized carbons (Fsp3) is 1.00. The summed E-state index contributed by atoms with van der Waals surface area (Å²) in [5.74, 6) is 0. The van der Waals surface area contributed by atoms with Crippen LogP contribution in [-0.2, 0) is 8.85 Å². The molecule has 0 aromatic carbocycles. The lowest BCUT2D eigenvalue weighted by Gasteiger charge is -2.33. The molecule has 0 aliphatic rings. The fourth-order valence-electron chi connectivity index (χ4n) is 1.47. The molecule has 80 valence electrons. The van der Waals surface area contributed by atoms with Crippen LogP contribution in [0.1, 0.15) is 34.1 Å². The maximum atomic E-state index is 5.81. The summed E-state index contributed by atoms with van der Waals surface area (Å²) in [5, 5.41) is 0. The van der Waals surface area contributed by atoms with Crippen molar-refractivity contribution in [2.24, 2.45) is 0 Å². The lowest BCUT2D eigenvalue weighted by atomic mass is 10.6. The van der Waals surface area contributed by atoms with E-state index in [1.807, 2.05) is 13.8 Å². The van der Waals surface area contributed by atoms with E-state index >= 15 is 0 Å². The molecule has 0 saturated carbocycles. The Morgan fingerprint density at radius 1 is 1.08 bits per heavy atom. The van der Waals surface area contributed by atoms with Crippen LogP contribution in [0.3, 0.4) is 0 Å². The molecule has 0 aliphatic heterocycles. The van der Waals surface area contributed by atoms with Gasteiger partial charge in [0.15, 0.2) is 0 Å². The van der Waals surface area contributed by atoms with E-state index in [2.05, 4.69) is 26.5 Å². The minimum absolute atomic E-state index is 0.289. The van der Waals surface area contributed by atoms with Crippen molar-refractivity contribution in [2.45, 2.75) is 45.0 Å². The summed E-state index contributed by atoms with van der Waals surface area (Å²) in [6.07, 6.45) is 1.02. The molecule has 0 saturated heterocycles. The fourth-order valence-corrected chi connectivity index (χ4v) is 5.42. The zero-order valence-corrected chi connectivity index (χ0v) is 11.1. The predicted octanol–water partition coefficient (Wildman–Crippen LogP) is 2.77. The van der Waals surface area contributed by atoms with Crippen molar-refractivity contribution in [3.63, 3.8) is 0 Å². The van der Waals surface area contributed by atoms with E-state index in [9.17, 15) is 0 Å². The molecule has 0 aromatic rings. The molecule has 0 aromatic heterocycles. The van der Waals surface area contributed by atoms with E-state index in [1.165, 1.54) is 0 Å². The van der Waals surface area contributed by atoms with Crippen LogP contribution in [-0.4, -0.2) is 26.6 Å². The lowest BCUT2D eigenvalue weighted by molar-refractivity contribution is 0.181. The Morgan fingerprint density at radius 2 is 1.54 bits per heavy atom. The highest BCUT2D eigenvalue weighted by Gasteiger charge is 2.41. The molecular formula is C9H22O2SSi. The first kappa shape index (κ1) is 13.5. The molecule has 2 nitrogen and oxygen atoms in total. The van der Waals surface area contributed by atoms with Crippen LogP contribution in [0.4, 0.5) is 0 Å². The molecule has 4 heteroatoms. The SMILES string of the molecule is CCO[Si](CC)(OCC)C(S)CC. The Morgan fingerprint density at radius 3 is 1.77 bits per heavy atom. The van der Waals surface area contributed by atoms with Crippen molar-refractivity contribution in [1.29, 1.82) is 0 Å². The largest absolute Gasteiger partial charge is 0.394 e. The van der Waals surface area contributed by atoms with Crippen molar-refractivity contribution < 1.29 is 8.85 Å². The molecule has 0 rings (SSSR count). The molecule has 1 atom stereocenters. The van der Waals surface area contributed by atoms with Crippen LogP contribution >= 0.6 is 12.6 Å².